The summed E-state index contributed by atoms with van der Waals surface area (Å²) < 4.78 is 5.73. The van der Waals surface area contributed by atoms with Crippen molar-refractivity contribution < 1.29 is 4.74 Å². The number of rotatable bonds is 6. The molecule has 0 fully saturated rings. The second-order valence-electron chi connectivity index (χ2n) is 5.14. The quantitative estimate of drug-likeness (QED) is 0.820. The largest absolute Gasteiger partial charge is 0.492 e. The van der Waals surface area contributed by atoms with Crippen LogP contribution in [0, 0.1) is 6.92 Å². The number of ether oxygens (including phenoxy) is 1. The number of hydrogen-bond donors (Lipinski definition) is 1. The highest BCUT2D eigenvalue weighted by atomic mass is 16.5. The van der Waals surface area contributed by atoms with E-state index >= 15 is 0 Å². The molecule has 0 unspecified atom stereocenters. The van der Waals surface area contributed by atoms with Gasteiger partial charge in [0.15, 0.2) is 0 Å². The maximum atomic E-state index is 5.78. The minimum Gasteiger partial charge on any atom is -0.492 e. The van der Waals surface area contributed by atoms with Crippen LogP contribution in [0.15, 0.2) is 48.5 Å². The predicted molar refractivity (Wildman–Crippen MR) is 83.9 cm³/mol. The standard InChI is InChI=1S/C17H22N2O/c1-14-6-8-17(9-7-14)20-11-10-19(2)13-15-4-3-5-16(18)12-15/h3-9,12H,10-11,13,18H2,1-2H3. The highest BCUT2D eigenvalue weighted by molar-refractivity contribution is 5.40. The molecule has 0 heterocycles. The lowest BCUT2D eigenvalue weighted by Crippen LogP contribution is -2.23. The third-order valence-corrected chi connectivity index (χ3v) is 3.17. The number of anilines is 1. The van der Waals surface area contributed by atoms with Crippen molar-refractivity contribution in [2.45, 2.75) is 13.5 Å². The first-order valence-electron chi connectivity index (χ1n) is 6.86. The van der Waals surface area contributed by atoms with Crippen LogP contribution in [0.25, 0.3) is 0 Å². The Morgan fingerprint density at radius 1 is 1.10 bits per heavy atom. The fourth-order valence-corrected chi connectivity index (χ4v) is 2.04. The Labute approximate surface area is 121 Å². The Bertz CT molecular complexity index is 537. The van der Waals surface area contributed by atoms with Gasteiger partial charge in [0.2, 0.25) is 0 Å². The van der Waals surface area contributed by atoms with Crippen LogP contribution in [-0.2, 0) is 6.54 Å². The number of benzene rings is 2. The molecule has 0 saturated carbocycles. The molecule has 2 aromatic rings. The smallest absolute Gasteiger partial charge is 0.119 e. The van der Waals surface area contributed by atoms with E-state index in [0.29, 0.717) is 6.61 Å². The summed E-state index contributed by atoms with van der Waals surface area (Å²) in [5.41, 5.74) is 9.06. The number of likely N-dealkylation sites (N-methyl/N-ethyl adjacent to an activating group) is 1. The van der Waals surface area contributed by atoms with Crippen molar-refractivity contribution in [3.63, 3.8) is 0 Å². The van der Waals surface area contributed by atoms with E-state index in [0.717, 1.165) is 24.5 Å². The fourth-order valence-electron chi connectivity index (χ4n) is 2.04. The van der Waals surface area contributed by atoms with Gasteiger partial charge in [0.05, 0.1) is 0 Å². The lowest BCUT2D eigenvalue weighted by Gasteiger charge is -2.17. The average Bonchev–Trinajstić information content (AvgIpc) is 2.41. The second-order valence-corrected chi connectivity index (χ2v) is 5.14. The summed E-state index contributed by atoms with van der Waals surface area (Å²) >= 11 is 0. The molecular formula is C17H22N2O. The number of aryl methyl sites for hydroxylation is 1. The molecule has 0 spiro atoms. The predicted octanol–water partition coefficient (Wildman–Crippen LogP) is 3.09. The summed E-state index contributed by atoms with van der Waals surface area (Å²) in [6, 6.07) is 16.1. The van der Waals surface area contributed by atoms with Crippen LogP contribution in [-0.4, -0.2) is 25.1 Å². The monoisotopic (exact) mass is 270 g/mol. The topological polar surface area (TPSA) is 38.5 Å². The number of nitrogens with zero attached hydrogens (tertiary/aromatic N) is 1. The van der Waals surface area contributed by atoms with Crippen molar-refractivity contribution in [1.29, 1.82) is 0 Å². The molecule has 20 heavy (non-hydrogen) atoms. The molecular weight excluding hydrogens is 248 g/mol. The minimum atomic E-state index is 0.682. The van der Waals surface area contributed by atoms with Crippen molar-refractivity contribution >= 4 is 5.69 Å². The zero-order chi connectivity index (χ0) is 14.4. The van der Waals surface area contributed by atoms with E-state index in [9.17, 15) is 0 Å². The van der Waals surface area contributed by atoms with Gasteiger partial charge in [-0.3, -0.25) is 4.90 Å². The lowest BCUT2D eigenvalue weighted by atomic mass is 10.2. The van der Waals surface area contributed by atoms with E-state index < -0.39 is 0 Å². The van der Waals surface area contributed by atoms with Crippen LogP contribution >= 0.6 is 0 Å². The van der Waals surface area contributed by atoms with Gasteiger partial charge in [-0.1, -0.05) is 29.8 Å². The molecule has 0 aliphatic rings. The Balaban J connectivity index is 1.75. The van der Waals surface area contributed by atoms with E-state index in [1.54, 1.807) is 0 Å². The molecule has 2 rings (SSSR count). The van der Waals surface area contributed by atoms with E-state index in [4.69, 9.17) is 10.5 Å². The normalized spacial score (nSPS) is 10.8. The van der Waals surface area contributed by atoms with Crippen molar-refractivity contribution in [2.75, 3.05) is 25.9 Å². The van der Waals surface area contributed by atoms with Crippen LogP contribution in [0.4, 0.5) is 5.69 Å². The molecule has 0 saturated heterocycles. The molecule has 2 N–H and O–H groups in total. The van der Waals surface area contributed by atoms with E-state index in [1.807, 2.05) is 30.3 Å². The van der Waals surface area contributed by atoms with E-state index in [2.05, 4.69) is 37.1 Å². The van der Waals surface area contributed by atoms with Gasteiger partial charge in [-0.2, -0.15) is 0 Å². The molecule has 0 amide bonds. The molecule has 0 aliphatic heterocycles. The highest BCUT2D eigenvalue weighted by Crippen LogP contribution is 2.12. The molecule has 0 radical (unpaired) electrons. The molecule has 0 atom stereocenters. The maximum absolute atomic E-state index is 5.78. The van der Waals surface area contributed by atoms with Crippen LogP contribution in [0.2, 0.25) is 0 Å². The summed E-state index contributed by atoms with van der Waals surface area (Å²) in [4.78, 5) is 2.23. The molecule has 0 bridgehead atoms. The van der Waals surface area contributed by atoms with Crippen LogP contribution in [0.3, 0.4) is 0 Å². The molecule has 106 valence electrons. The second kappa shape index (κ2) is 6.96. The summed E-state index contributed by atoms with van der Waals surface area (Å²) in [6.45, 7) is 4.51. The molecule has 0 aliphatic carbocycles. The minimum absolute atomic E-state index is 0.682. The van der Waals surface area contributed by atoms with Gasteiger partial charge in [-0.25, -0.2) is 0 Å². The van der Waals surface area contributed by atoms with Crippen LogP contribution < -0.4 is 10.5 Å². The first-order chi connectivity index (χ1) is 9.63. The van der Waals surface area contributed by atoms with Gasteiger partial charge < -0.3 is 10.5 Å². The van der Waals surface area contributed by atoms with E-state index in [1.165, 1.54) is 11.1 Å². The van der Waals surface area contributed by atoms with E-state index in [-0.39, 0.29) is 0 Å². The molecule has 0 aromatic heterocycles. The molecule has 3 nitrogen and oxygen atoms in total. The summed E-state index contributed by atoms with van der Waals surface area (Å²) in [7, 11) is 2.09. The third kappa shape index (κ3) is 4.59. The molecule has 3 heteroatoms. The lowest BCUT2D eigenvalue weighted by molar-refractivity contribution is 0.233. The third-order valence-electron chi connectivity index (χ3n) is 3.17. The number of hydrogen-bond acceptors (Lipinski definition) is 3. The number of nitrogens with two attached hydrogens (primary N) is 1. The van der Waals surface area contributed by atoms with Crippen LogP contribution in [0.5, 0.6) is 5.75 Å². The van der Waals surface area contributed by atoms with Gasteiger partial charge >= 0.3 is 0 Å². The first kappa shape index (κ1) is 14.4. The van der Waals surface area contributed by atoms with Gasteiger partial charge in [0.25, 0.3) is 0 Å². The SMILES string of the molecule is Cc1ccc(OCCN(C)Cc2cccc(N)c2)cc1. The Morgan fingerprint density at radius 3 is 2.55 bits per heavy atom. The van der Waals surface area contributed by atoms with Gasteiger partial charge in [-0.15, -0.1) is 0 Å². The van der Waals surface area contributed by atoms with Crippen molar-refractivity contribution in [3.05, 3.63) is 59.7 Å². The maximum Gasteiger partial charge on any atom is 0.119 e. The van der Waals surface area contributed by atoms with Crippen molar-refractivity contribution in [2.24, 2.45) is 0 Å². The Kier molecular flexibility index (Phi) is 5.02. The molecule has 2 aromatic carbocycles. The Morgan fingerprint density at radius 2 is 1.85 bits per heavy atom. The Hall–Kier alpha value is -2.00. The highest BCUT2D eigenvalue weighted by Gasteiger charge is 2.01. The first-order valence-corrected chi connectivity index (χ1v) is 6.86. The summed E-state index contributed by atoms with van der Waals surface area (Å²) in [5.74, 6) is 0.924. The van der Waals surface area contributed by atoms with Crippen molar-refractivity contribution in [3.8, 4) is 5.75 Å². The summed E-state index contributed by atoms with van der Waals surface area (Å²) in [6.07, 6.45) is 0. The zero-order valence-corrected chi connectivity index (χ0v) is 12.2. The number of nitrogen functional groups attached to an aromatic ring is 1. The fraction of sp³-hybridized carbons (Fsp3) is 0.294. The zero-order valence-electron chi connectivity index (χ0n) is 12.2. The van der Waals surface area contributed by atoms with Crippen molar-refractivity contribution in [1.82, 2.24) is 4.90 Å². The van der Waals surface area contributed by atoms with Gasteiger partial charge in [-0.05, 0) is 43.8 Å². The summed E-state index contributed by atoms with van der Waals surface area (Å²) in [5, 5.41) is 0. The van der Waals surface area contributed by atoms with Gasteiger partial charge in [0.1, 0.15) is 12.4 Å². The van der Waals surface area contributed by atoms with Crippen LogP contribution in [0.1, 0.15) is 11.1 Å². The average molecular weight is 270 g/mol. The van der Waals surface area contributed by atoms with Gasteiger partial charge in [0, 0.05) is 18.8 Å².